The van der Waals surface area contributed by atoms with Gasteiger partial charge in [0.1, 0.15) is 23.9 Å². The van der Waals surface area contributed by atoms with Crippen molar-refractivity contribution >= 4 is 29.1 Å². The maximum Gasteiger partial charge on any atom is 0.254 e. The molecule has 4 heterocycles. The Morgan fingerprint density at radius 3 is 2.68 bits per heavy atom. The summed E-state index contributed by atoms with van der Waals surface area (Å²) >= 11 is 6.40. The average Bonchev–Trinajstić information content (AvgIpc) is 3.62. The summed E-state index contributed by atoms with van der Waals surface area (Å²) < 4.78 is 18.9. The lowest BCUT2D eigenvalue weighted by Crippen LogP contribution is -2.39. The Morgan fingerprint density at radius 1 is 1.15 bits per heavy atom. The van der Waals surface area contributed by atoms with Crippen LogP contribution in [0.2, 0.25) is 5.02 Å². The first-order valence-electron chi connectivity index (χ1n) is 13.3. The van der Waals surface area contributed by atoms with E-state index in [9.17, 15) is 4.79 Å². The van der Waals surface area contributed by atoms with Crippen LogP contribution < -0.4 is 14.8 Å². The van der Waals surface area contributed by atoms with Crippen LogP contribution in [0.3, 0.4) is 0 Å². The third-order valence-electron chi connectivity index (χ3n) is 7.24. The van der Waals surface area contributed by atoms with Crippen molar-refractivity contribution in [2.75, 3.05) is 25.6 Å². The maximum atomic E-state index is 13.1. The molecule has 212 valence electrons. The second-order valence-electron chi connectivity index (χ2n) is 9.97. The molecule has 2 aliphatic heterocycles. The van der Waals surface area contributed by atoms with Gasteiger partial charge in [0.15, 0.2) is 0 Å². The lowest BCUT2D eigenvalue weighted by molar-refractivity contribution is 0.0303. The lowest BCUT2D eigenvalue weighted by Gasteiger charge is -2.30. The number of methoxy groups -OCH3 is 1. The molecule has 1 fully saturated rings. The predicted molar refractivity (Wildman–Crippen MR) is 150 cm³/mol. The molecule has 0 radical (unpaired) electrons. The fraction of sp³-hybridized carbons (Fsp3) is 0.357. The van der Waals surface area contributed by atoms with Gasteiger partial charge in [0.25, 0.3) is 5.91 Å². The number of ether oxygens (including phenoxy) is 3. The molecule has 1 saturated heterocycles. The van der Waals surface area contributed by atoms with E-state index in [1.165, 1.54) is 6.33 Å². The van der Waals surface area contributed by atoms with Crippen LogP contribution in [-0.2, 0) is 17.8 Å². The molecular weight excluding hydrogens is 548 g/mol. The summed E-state index contributed by atoms with van der Waals surface area (Å²) in [4.78, 5) is 24.1. The van der Waals surface area contributed by atoms with Gasteiger partial charge in [-0.1, -0.05) is 17.7 Å². The van der Waals surface area contributed by atoms with Gasteiger partial charge >= 0.3 is 0 Å². The number of hydrogen-bond donors (Lipinski definition) is 1. The van der Waals surface area contributed by atoms with E-state index in [-0.39, 0.29) is 18.1 Å². The van der Waals surface area contributed by atoms with E-state index in [2.05, 4.69) is 30.8 Å². The Morgan fingerprint density at radius 2 is 1.95 bits per heavy atom. The van der Waals surface area contributed by atoms with Gasteiger partial charge in [0.05, 0.1) is 30.9 Å². The van der Waals surface area contributed by atoms with Crippen molar-refractivity contribution in [1.29, 1.82) is 0 Å². The molecule has 0 bridgehead atoms. The second kappa shape index (κ2) is 11.7. The number of hydrogen-bond acceptors (Lipinski definition) is 10. The third-order valence-corrected chi connectivity index (χ3v) is 7.55. The van der Waals surface area contributed by atoms with Crippen molar-refractivity contribution in [1.82, 2.24) is 35.1 Å². The number of fused-ring (bicyclic) bond motifs is 1. The van der Waals surface area contributed by atoms with Crippen LogP contribution in [-0.4, -0.2) is 73.5 Å². The molecule has 0 aliphatic carbocycles. The van der Waals surface area contributed by atoms with Gasteiger partial charge in [-0.05, 0) is 60.0 Å². The van der Waals surface area contributed by atoms with Crippen LogP contribution in [0.4, 0.5) is 11.6 Å². The van der Waals surface area contributed by atoms with Crippen molar-refractivity contribution in [3.05, 3.63) is 65.2 Å². The molecule has 0 spiro atoms. The normalized spacial score (nSPS) is 16.0. The predicted octanol–water partition coefficient (Wildman–Crippen LogP) is 4.14. The molecule has 2 aromatic carbocycles. The van der Waals surface area contributed by atoms with E-state index in [0.29, 0.717) is 60.0 Å². The molecule has 1 amide bonds. The quantitative estimate of drug-likeness (QED) is 0.310. The Hall–Kier alpha value is -4.29. The maximum absolute atomic E-state index is 13.1. The molecule has 4 aromatic rings. The number of benzene rings is 2. The fourth-order valence-corrected chi connectivity index (χ4v) is 5.38. The molecule has 2 aromatic heterocycles. The van der Waals surface area contributed by atoms with E-state index in [1.807, 2.05) is 36.1 Å². The highest BCUT2D eigenvalue weighted by Gasteiger charge is 2.36. The molecule has 1 atom stereocenters. The van der Waals surface area contributed by atoms with Gasteiger partial charge in [-0.15, -0.1) is 5.10 Å². The highest BCUT2D eigenvalue weighted by atomic mass is 35.5. The molecule has 1 unspecified atom stereocenters. The van der Waals surface area contributed by atoms with Crippen molar-refractivity contribution in [2.45, 2.75) is 45.0 Å². The number of rotatable bonds is 9. The van der Waals surface area contributed by atoms with Gasteiger partial charge in [-0.2, -0.15) is 0 Å². The molecule has 6 rings (SSSR count). The zero-order valence-corrected chi connectivity index (χ0v) is 23.4. The zero-order chi connectivity index (χ0) is 28.3. The first kappa shape index (κ1) is 26.9. The fourth-order valence-electron chi connectivity index (χ4n) is 5.22. The van der Waals surface area contributed by atoms with Crippen LogP contribution in [0.5, 0.6) is 11.5 Å². The molecule has 12 nitrogen and oxygen atoms in total. The molecule has 0 saturated carbocycles. The molecule has 2 aliphatic rings. The third kappa shape index (κ3) is 5.66. The first-order chi connectivity index (χ1) is 20.0. The van der Waals surface area contributed by atoms with Crippen molar-refractivity contribution in [3.8, 4) is 22.6 Å². The standard InChI is InChI=1S/C28H29ClN8O4/c1-17(14-36-16-32-34-35-36)41-25-11-18(3-5-23(25)29)19-12-30-28(31-13-19)33-24-6-4-21-22(26(24)39-2)15-37(27(21)38)20-7-9-40-10-8-20/h3-6,11-13,16-17,20H,7-10,14-15H2,1-2H3,(H,30,31,33). The van der Waals surface area contributed by atoms with E-state index < -0.39 is 0 Å². The summed E-state index contributed by atoms with van der Waals surface area (Å²) in [6, 6.07) is 9.37. The summed E-state index contributed by atoms with van der Waals surface area (Å²) in [5.74, 6) is 1.60. The largest absolute Gasteiger partial charge is 0.494 e. The number of aromatic nitrogens is 6. The topological polar surface area (TPSA) is 129 Å². The van der Waals surface area contributed by atoms with Crippen LogP contribution in [0.25, 0.3) is 11.1 Å². The number of halogens is 1. The smallest absolute Gasteiger partial charge is 0.254 e. The van der Waals surface area contributed by atoms with Crippen LogP contribution in [0.1, 0.15) is 35.7 Å². The van der Waals surface area contributed by atoms with E-state index in [4.69, 9.17) is 25.8 Å². The van der Waals surface area contributed by atoms with Crippen LogP contribution in [0, 0.1) is 0 Å². The minimum absolute atomic E-state index is 0.0356. The average molecular weight is 577 g/mol. The molecule has 41 heavy (non-hydrogen) atoms. The number of carbonyl (C=O) groups excluding carboxylic acids is 1. The van der Waals surface area contributed by atoms with E-state index >= 15 is 0 Å². The number of anilines is 2. The SMILES string of the molecule is COc1c(Nc2ncc(-c3ccc(Cl)c(OC(C)Cn4cnnn4)c3)cn2)ccc2c1CN(C1CCOCC1)C2=O. The van der Waals surface area contributed by atoms with Crippen molar-refractivity contribution in [2.24, 2.45) is 0 Å². The summed E-state index contributed by atoms with van der Waals surface area (Å²) in [7, 11) is 1.61. The highest BCUT2D eigenvalue weighted by molar-refractivity contribution is 6.32. The minimum atomic E-state index is -0.213. The van der Waals surface area contributed by atoms with Crippen LogP contribution in [0.15, 0.2) is 49.1 Å². The Bertz CT molecular complexity index is 1530. The van der Waals surface area contributed by atoms with Gasteiger partial charge in [-0.3, -0.25) is 4.79 Å². The Kier molecular flexibility index (Phi) is 7.66. The van der Waals surface area contributed by atoms with E-state index in [1.54, 1.807) is 30.3 Å². The summed E-state index contributed by atoms with van der Waals surface area (Å²) in [6.07, 6.45) is 6.45. The summed E-state index contributed by atoms with van der Waals surface area (Å²) in [6.45, 7) is 4.25. The highest BCUT2D eigenvalue weighted by Crippen LogP contribution is 2.39. The number of nitrogens with zero attached hydrogens (tertiary/aromatic N) is 7. The monoisotopic (exact) mass is 576 g/mol. The minimum Gasteiger partial charge on any atom is -0.494 e. The second-order valence-corrected chi connectivity index (χ2v) is 10.4. The molecule has 13 heteroatoms. The number of tetrazole rings is 1. The number of amides is 1. The van der Waals surface area contributed by atoms with Crippen LogP contribution >= 0.6 is 11.6 Å². The number of carbonyl (C=O) groups is 1. The van der Waals surface area contributed by atoms with Gasteiger partial charge in [-0.25, -0.2) is 14.6 Å². The van der Waals surface area contributed by atoms with Gasteiger partial charge in [0, 0.05) is 48.3 Å². The summed E-state index contributed by atoms with van der Waals surface area (Å²) in [5, 5.41) is 14.9. The summed E-state index contributed by atoms with van der Waals surface area (Å²) in [5.41, 5.74) is 3.88. The Labute approximate surface area is 241 Å². The molecule has 1 N–H and O–H groups in total. The number of nitrogens with one attached hydrogen (secondary N) is 1. The zero-order valence-electron chi connectivity index (χ0n) is 22.7. The van der Waals surface area contributed by atoms with Crippen molar-refractivity contribution in [3.63, 3.8) is 0 Å². The van der Waals surface area contributed by atoms with Crippen molar-refractivity contribution < 1.29 is 19.0 Å². The van der Waals surface area contributed by atoms with Gasteiger partial charge in [0.2, 0.25) is 5.95 Å². The molecular formula is C28H29ClN8O4. The lowest BCUT2D eigenvalue weighted by atomic mass is 10.1. The van der Waals surface area contributed by atoms with Gasteiger partial charge < -0.3 is 24.4 Å². The first-order valence-corrected chi connectivity index (χ1v) is 13.7. The van der Waals surface area contributed by atoms with E-state index in [0.717, 1.165) is 29.5 Å². The Balaban J connectivity index is 1.17.